The number of carboxylic acids is 1. The molecule has 0 aliphatic carbocycles. The number of aliphatic carboxylic acids is 1. The van der Waals surface area contributed by atoms with Crippen LogP contribution in [0.5, 0.6) is 5.75 Å². The molecule has 0 bridgehead atoms. The fourth-order valence-electron chi connectivity index (χ4n) is 1.26. The summed E-state index contributed by atoms with van der Waals surface area (Å²) in [6.45, 7) is -0.767. The van der Waals surface area contributed by atoms with Gasteiger partial charge in [0.05, 0.1) is 13.7 Å². The number of methoxy groups -OCH3 is 1. The van der Waals surface area contributed by atoms with E-state index in [9.17, 15) is 14.4 Å². The van der Waals surface area contributed by atoms with Crippen LogP contribution in [0.3, 0.4) is 0 Å². The van der Waals surface area contributed by atoms with Crippen molar-refractivity contribution in [2.24, 2.45) is 0 Å². The number of benzene rings is 1. The molecule has 0 aliphatic heterocycles. The molecule has 3 N–H and O–H groups in total. The minimum atomic E-state index is -1.15. The van der Waals surface area contributed by atoms with Crippen molar-refractivity contribution in [3.05, 3.63) is 29.8 Å². The van der Waals surface area contributed by atoms with Gasteiger partial charge in [-0.2, -0.15) is 0 Å². The summed E-state index contributed by atoms with van der Waals surface area (Å²) in [7, 11) is 1.48. The Bertz CT molecular complexity index is 487. The Morgan fingerprint density at radius 1 is 1.21 bits per heavy atom. The molecule has 0 spiro atoms. The molecule has 7 heteroatoms. The van der Waals surface area contributed by atoms with Crippen LogP contribution in [0.15, 0.2) is 24.3 Å². The summed E-state index contributed by atoms with van der Waals surface area (Å²) in [5, 5.41) is 12.9. The molecule has 7 nitrogen and oxygen atoms in total. The van der Waals surface area contributed by atoms with E-state index in [1.165, 1.54) is 13.2 Å². The summed E-state index contributed by atoms with van der Waals surface area (Å²) in [6, 6.07) is 6.45. The third-order valence-corrected chi connectivity index (χ3v) is 2.18. The fourth-order valence-corrected chi connectivity index (χ4v) is 1.26. The maximum atomic E-state index is 11.7. The van der Waals surface area contributed by atoms with E-state index in [1.807, 2.05) is 0 Å². The van der Waals surface area contributed by atoms with Gasteiger partial charge in [0.1, 0.15) is 12.3 Å². The zero-order chi connectivity index (χ0) is 14.3. The Kier molecular flexibility index (Phi) is 5.34. The monoisotopic (exact) mass is 266 g/mol. The molecule has 1 rings (SSSR count). The number of carbonyl (C=O) groups excluding carboxylic acids is 2. The van der Waals surface area contributed by atoms with Gasteiger partial charge in [0.2, 0.25) is 5.91 Å². The van der Waals surface area contributed by atoms with Crippen LogP contribution < -0.4 is 15.4 Å². The lowest BCUT2D eigenvalue weighted by atomic mass is 10.2. The number of amides is 2. The molecule has 0 aliphatic rings. The van der Waals surface area contributed by atoms with Gasteiger partial charge < -0.3 is 20.5 Å². The van der Waals surface area contributed by atoms with Gasteiger partial charge in [0.25, 0.3) is 5.91 Å². The predicted octanol–water partition coefficient (Wildman–Crippen LogP) is -0.374. The number of carboxylic acid groups (broad SMARTS) is 1. The van der Waals surface area contributed by atoms with E-state index in [0.717, 1.165) is 0 Å². The highest BCUT2D eigenvalue weighted by Gasteiger charge is 2.09. The molecule has 19 heavy (non-hydrogen) atoms. The lowest BCUT2D eigenvalue weighted by Crippen LogP contribution is -2.39. The highest BCUT2D eigenvalue weighted by Crippen LogP contribution is 2.11. The van der Waals surface area contributed by atoms with E-state index in [2.05, 4.69) is 10.6 Å². The summed E-state index contributed by atoms with van der Waals surface area (Å²) < 4.78 is 4.97. The van der Waals surface area contributed by atoms with Gasteiger partial charge >= 0.3 is 5.97 Å². The third kappa shape index (κ3) is 5.07. The smallest absolute Gasteiger partial charge is 0.322 e. The standard InChI is InChI=1S/C12H14N2O5/c1-19-9-4-2-3-8(5-9)12(18)14-6-10(15)13-7-11(16)17/h2-5H,6-7H2,1H3,(H,13,15)(H,14,18)(H,16,17). The lowest BCUT2D eigenvalue weighted by Gasteiger charge is -2.06. The van der Waals surface area contributed by atoms with Crippen molar-refractivity contribution in [3.8, 4) is 5.75 Å². The number of nitrogens with one attached hydrogen (secondary N) is 2. The van der Waals surface area contributed by atoms with Crippen molar-refractivity contribution < 1.29 is 24.2 Å². The normalized spacial score (nSPS) is 9.53. The zero-order valence-electron chi connectivity index (χ0n) is 10.3. The Hall–Kier alpha value is -2.57. The predicted molar refractivity (Wildman–Crippen MR) is 66.0 cm³/mol. The molecule has 2 amide bonds. The fraction of sp³-hybridized carbons (Fsp3) is 0.250. The molecule has 0 saturated carbocycles. The second-order valence-electron chi connectivity index (χ2n) is 3.59. The highest BCUT2D eigenvalue weighted by molar-refractivity contribution is 5.97. The Labute approximate surface area is 109 Å². The summed E-state index contributed by atoms with van der Waals surface area (Å²) >= 11 is 0. The summed E-state index contributed by atoms with van der Waals surface area (Å²) in [5.41, 5.74) is 0.352. The van der Waals surface area contributed by atoms with Crippen LogP contribution in [0.1, 0.15) is 10.4 Å². The zero-order valence-corrected chi connectivity index (χ0v) is 10.3. The van der Waals surface area contributed by atoms with E-state index in [1.54, 1.807) is 18.2 Å². The molecular formula is C12H14N2O5. The summed E-state index contributed by atoms with van der Waals surface area (Å²) in [4.78, 5) is 33.1. The van der Waals surface area contributed by atoms with Crippen molar-refractivity contribution in [2.45, 2.75) is 0 Å². The van der Waals surface area contributed by atoms with Crippen molar-refractivity contribution in [3.63, 3.8) is 0 Å². The minimum absolute atomic E-state index is 0.288. The molecule has 1 aromatic carbocycles. The van der Waals surface area contributed by atoms with E-state index in [-0.39, 0.29) is 6.54 Å². The van der Waals surface area contributed by atoms with E-state index >= 15 is 0 Å². The summed E-state index contributed by atoms with van der Waals surface area (Å²) in [6.07, 6.45) is 0. The van der Waals surface area contributed by atoms with Crippen molar-refractivity contribution in [1.29, 1.82) is 0 Å². The van der Waals surface area contributed by atoms with Crippen molar-refractivity contribution >= 4 is 17.8 Å². The lowest BCUT2D eigenvalue weighted by molar-refractivity contribution is -0.137. The summed E-state index contributed by atoms with van der Waals surface area (Å²) in [5.74, 6) is -1.63. The van der Waals surface area contributed by atoms with Crippen LogP contribution in [0.2, 0.25) is 0 Å². The Morgan fingerprint density at radius 2 is 1.95 bits per heavy atom. The van der Waals surface area contributed by atoms with Crippen molar-refractivity contribution in [2.75, 3.05) is 20.2 Å². The van der Waals surface area contributed by atoms with Gasteiger partial charge in [-0.1, -0.05) is 6.07 Å². The van der Waals surface area contributed by atoms with Gasteiger partial charge in [-0.25, -0.2) is 0 Å². The molecule has 0 fully saturated rings. The minimum Gasteiger partial charge on any atom is -0.497 e. The Balaban J connectivity index is 2.46. The number of hydrogen-bond acceptors (Lipinski definition) is 4. The molecule has 102 valence electrons. The third-order valence-electron chi connectivity index (χ3n) is 2.18. The molecule has 1 aromatic rings. The van der Waals surface area contributed by atoms with E-state index < -0.39 is 24.3 Å². The maximum Gasteiger partial charge on any atom is 0.322 e. The van der Waals surface area contributed by atoms with E-state index in [4.69, 9.17) is 9.84 Å². The van der Waals surface area contributed by atoms with Crippen LogP contribution >= 0.6 is 0 Å². The number of rotatable bonds is 6. The molecular weight excluding hydrogens is 252 g/mol. The van der Waals surface area contributed by atoms with Crippen molar-refractivity contribution in [1.82, 2.24) is 10.6 Å². The number of hydrogen-bond donors (Lipinski definition) is 3. The molecule has 0 atom stereocenters. The topological polar surface area (TPSA) is 105 Å². The van der Waals surface area contributed by atoms with Crippen LogP contribution in [-0.4, -0.2) is 43.1 Å². The van der Waals surface area contributed by atoms with E-state index in [0.29, 0.717) is 11.3 Å². The first-order valence-corrected chi connectivity index (χ1v) is 5.43. The quantitative estimate of drug-likeness (QED) is 0.651. The first-order chi connectivity index (χ1) is 9.02. The van der Waals surface area contributed by atoms with Gasteiger partial charge in [0, 0.05) is 5.56 Å². The first-order valence-electron chi connectivity index (χ1n) is 5.43. The molecule has 0 unspecified atom stereocenters. The SMILES string of the molecule is COc1cccc(C(=O)NCC(=O)NCC(=O)O)c1. The Morgan fingerprint density at radius 3 is 2.58 bits per heavy atom. The van der Waals surface area contributed by atoms with Crippen LogP contribution in [0, 0.1) is 0 Å². The first kappa shape index (κ1) is 14.5. The molecule has 0 saturated heterocycles. The number of carbonyl (C=O) groups is 3. The average molecular weight is 266 g/mol. The molecule has 0 radical (unpaired) electrons. The van der Waals surface area contributed by atoms with Gasteiger partial charge in [0.15, 0.2) is 0 Å². The number of ether oxygens (including phenoxy) is 1. The van der Waals surface area contributed by atoms with Gasteiger partial charge in [-0.15, -0.1) is 0 Å². The molecule has 0 aromatic heterocycles. The average Bonchev–Trinajstić information content (AvgIpc) is 2.42. The highest BCUT2D eigenvalue weighted by atomic mass is 16.5. The second-order valence-corrected chi connectivity index (χ2v) is 3.59. The molecule has 0 heterocycles. The van der Waals surface area contributed by atoms with Crippen LogP contribution in [0.25, 0.3) is 0 Å². The second kappa shape index (κ2) is 7.00. The largest absolute Gasteiger partial charge is 0.497 e. The van der Waals surface area contributed by atoms with Gasteiger partial charge in [-0.3, -0.25) is 14.4 Å². The maximum absolute atomic E-state index is 11.7. The van der Waals surface area contributed by atoms with Crippen LogP contribution in [-0.2, 0) is 9.59 Å². The van der Waals surface area contributed by atoms with Gasteiger partial charge in [-0.05, 0) is 18.2 Å². The van der Waals surface area contributed by atoms with Crippen LogP contribution in [0.4, 0.5) is 0 Å².